The van der Waals surface area contributed by atoms with Crippen LogP contribution in [0, 0.1) is 6.92 Å². The van der Waals surface area contributed by atoms with Crippen LogP contribution < -0.4 is 10.1 Å². The lowest BCUT2D eigenvalue weighted by Crippen LogP contribution is -2.35. The molecule has 7 nitrogen and oxygen atoms in total. The molecule has 2 heterocycles. The number of rotatable bonds is 7. The van der Waals surface area contributed by atoms with Gasteiger partial charge in [-0.3, -0.25) is 4.79 Å². The fourth-order valence-electron chi connectivity index (χ4n) is 3.83. The van der Waals surface area contributed by atoms with Crippen LogP contribution in [0.25, 0.3) is 22.4 Å². The topological polar surface area (TPSA) is 80.5 Å². The van der Waals surface area contributed by atoms with E-state index in [9.17, 15) is 4.79 Å². The number of nitrogens with one attached hydrogen (secondary N) is 1. The number of pyridine rings is 1. The van der Waals surface area contributed by atoms with Crippen molar-refractivity contribution < 1.29 is 14.1 Å². The van der Waals surface area contributed by atoms with Crippen LogP contribution >= 0.6 is 0 Å². The van der Waals surface area contributed by atoms with E-state index in [4.69, 9.17) is 9.26 Å². The van der Waals surface area contributed by atoms with Crippen molar-refractivity contribution in [3.63, 3.8) is 0 Å². The highest BCUT2D eigenvalue weighted by Crippen LogP contribution is 2.29. The Kier molecular flexibility index (Phi) is 6.18. The molecule has 0 fully saturated rings. The largest absolute Gasteiger partial charge is 0.496 e. The maximum atomic E-state index is 13.3. The average molecular weight is 431 g/mol. The van der Waals surface area contributed by atoms with Crippen molar-refractivity contribution >= 4 is 17.0 Å². The molecule has 1 amide bonds. The molecule has 2 aromatic carbocycles. The van der Waals surface area contributed by atoms with Crippen LogP contribution in [-0.2, 0) is 0 Å². The molecule has 0 saturated carbocycles. The third-order valence-corrected chi connectivity index (χ3v) is 5.51. The van der Waals surface area contributed by atoms with E-state index >= 15 is 0 Å². The first-order valence-corrected chi connectivity index (χ1v) is 10.4. The normalized spacial score (nSPS) is 12.2. The number of likely N-dealkylation sites (N-methyl/N-ethyl adjacent to an activating group) is 1. The molecule has 0 aliphatic rings. The Morgan fingerprint density at radius 2 is 1.84 bits per heavy atom. The maximum Gasteiger partial charge on any atom is 0.259 e. The summed E-state index contributed by atoms with van der Waals surface area (Å²) in [4.78, 5) is 20.0. The molecule has 0 radical (unpaired) electrons. The smallest absolute Gasteiger partial charge is 0.259 e. The first kappa shape index (κ1) is 21.5. The van der Waals surface area contributed by atoms with Gasteiger partial charge in [-0.15, -0.1) is 0 Å². The molecule has 2 aromatic heterocycles. The van der Waals surface area contributed by atoms with Gasteiger partial charge in [-0.1, -0.05) is 53.7 Å². The fraction of sp³-hybridized carbons (Fsp3) is 0.240. The Morgan fingerprint density at radius 3 is 2.56 bits per heavy atom. The highest BCUT2D eigenvalue weighted by atomic mass is 16.5. The predicted octanol–water partition coefficient (Wildman–Crippen LogP) is 4.24. The van der Waals surface area contributed by atoms with Gasteiger partial charge in [0, 0.05) is 17.7 Å². The monoisotopic (exact) mass is 430 g/mol. The van der Waals surface area contributed by atoms with Gasteiger partial charge >= 0.3 is 0 Å². The van der Waals surface area contributed by atoms with Gasteiger partial charge < -0.3 is 19.5 Å². The number of hydrogen-bond donors (Lipinski definition) is 1. The van der Waals surface area contributed by atoms with E-state index in [-0.39, 0.29) is 11.9 Å². The number of para-hydroxylation sites is 1. The summed E-state index contributed by atoms with van der Waals surface area (Å²) in [6.45, 7) is 2.21. The van der Waals surface area contributed by atoms with E-state index in [1.54, 1.807) is 13.2 Å². The summed E-state index contributed by atoms with van der Waals surface area (Å²) >= 11 is 0. The van der Waals surface area contributed by atoms with E-state index in [0.717, 1.165) is 16.9 Å². The van der Waals surface area contributed by atoms with Crippen LogP contribution in [-0.4, -0.2) is 48.7 Å². The molecule has 0 aliphatic heterocycles. The Hall–Kier alpha value is -3.71. The van der Waals surface area contributed by atoms with Crippen LogP contribution in [0.4, 0.5) is 0 Å². The van der Waals surface area contributed by atoms with Crippen LogP contribution in [0.5, 0.6) is 5.75 Å². The molecule has 4 aromatic rings. The summed E-state index contributed by atoms with van der Waals surface area (Å²) in [6.07, 6.45) is 0. The lowest BCUT2D eigenvalue weighted by Gasteiger charge is -2.26. The fourth-order valence-corrected chi connectivity index (χ4v) is 3.83. The van der Waals surface area contributed by atoms with Crippen LogP contribution in [0.1, 0.15) is 27.7 Å². The Bertz CT molecular complexity index is 1230. The van der Waals surface area contributed by atoms with Gasteiger partial charge in [0.25, 0.3) is 11.6 Å². The lowest BCUT2D eigenvalue weighted by atomic mass is 10.0. The van der Waals surface area contributed by atoms with E-state index in [1.165, 1.54) is 0 Å². The van der Waals surface area contributed by atoms with E-state index in [0.29, 0.717) is 34.6 Å². The molecule has 1 atom stereocenters. The second kappa shape index (κ2) is 9.20. The van der Waals surface area contributed by atoms with Crippen molar-refractivity contribution in [3.05, 3.63) is 77.5 Å². The molecule has 1 N–H and O–H groups in total. The molecular formula is C25H26N4O3. The van der Waals surface area contributed by atoms with Crippen molar-refractivity contribution in [2.75, 3.05) is 27.7 Å². The quantitative estimate of drug-likeness (QED) is 0.472. The number of methoxy groups -OCH3 is 1. The van der Waals surface area contributed by atoms with Gasteiger partial charge in [-0.2, -0.15) is 0 Å². The van der Waals surface area contributed by atoms with Crippen molar-refractivity contribution in [1.82, 2.24) is 20.4 Å². The van der Waals surface area contributed by atoms with E-state index < -0.39 is 0 Å². The maximum absolute atomic E-state index is 13.3. The third kappa shape index (κ3) is 4.20. The highest BCUT2D eigenvalue weighted by molar-refractivity contribution is 6.07. The second-order valence-corrected chi connectivity index (χ2v) is 7.80. The van der Waals surface area contributed by atoms with Gasteiger partial charge in [0.2, 0.25) is 0 Å². The summed E-state index contributed by atoms with van der Waals surface area (Å²) in [6, 6.07) is 19.3. The van der Waals surface area contributed by atoms with Crippen molar-refractivity contribution in [2.24, 2.45) is 0 Å². The Morgan fingerprint density at radius 1 is 1.12 bits per heavy atom. The van der Waals surface area contributed by atoms with Crippen molar-refractivity contribution in [2.45, 2.75) is 13.0 Å². The molecule has 1 unspecified atom stereocenters. The van der Waals surface area contributed by atoms with Crippen LogP contribution in [0.3, 0.4) is 0 Å². The Balaban J connectivity index is 1.67. The molecular weight excluding hydrogens is 404 g/mol. The number of aryl methyl sites for hydroxylation is 1. The van der Waals surface area contributed by atoms with Crippen LogP contribution in [0.15, 0.2) is 65.2 Å². The highest BCUT2D eigenvalue weighted by Gasteiger charge is 2.22. The number of ether oxygens (including phenoxy) is 1. The summed E-state index contributed by atoms with van der Waals surface area (Å²) in [7, 11) is 5.61. The zero-order valence-corrected chi connectivity index (χ0v) is 18.6. The average Bonchev–Trinajstić information content (AvgIpc) is 3.19. The minimum Gasteiger partial charge on any atom is -0.496 e. The van der Waals surface area contributed by atoms with Crippen molar-refractivity contribution in [1.29, 1.82) is 0 Å². The minimum atomic E-state index is -0.206. The molecule has 32 heavy (non-hydrogen) atoms. The van der Waals surface area contributed by atoms with E-state index in [1.807, 2.05) is 75.6 Å². The molecule has 0 spiro atoms. The third-order valence-electron chi connectivity index (χ3n) is 5.51. The number of aromatic nitrogens is 2. The standard InChI is InChI=1S/C25H26N4O3/c1-16-23-19(14-20(27-25(23)32-28-16)17-10-6-5-7-11-17)24(30)26-15-21(29(2)3)18-12-8-9-13-22(18)31-4/h5-14,21H,15H2,1-4H3,(H,26,30). The molecule has 0 aliphatic carbocycles. The van der Waals surface area contributed by atoms with Gasteiger partial charge in [-0.05, 0) is 33.2 Å². The molecule has 7 heteroatoms. The Labute approximate surface area is 187 Å². The molecule has 4 rings (SSSR count). The van der Waals surface area contributed by atoms with Crippen LogP contribution in [0.2, 0.25) is 0 Å². The van der Waals surface area contributed by atoms with Crippen molar-refractivity contribution in [3.8, 4) is 17.0 Å². The van der Waals surface area contributed by atoms with E-state index in [2.05, 4.69) is 20.4 Å². The SMILES string of the molecule is COc1ccccc1C(CNC(=O)c1cc(-c2ccccc2)nc2onc(C)c12)N(C)C. The molecule has 0 bridgehead atoms. The molecule has 0 saturated heterocycles. The summed E-state index contributed by atoms with van der Waals surface area (Å²) in [5, 5.41) is 7.74. The number of fused-ring (bicyclic) bond motifs is 1. The number of nitrogens with zero attached hydrogens (tertiary/aromatic N) is 3. The molecule has 164 valence electrons. The summed E-state index contributed by atoms with van der Waals surface area (Å²) in [5.41, 5.74) is 4.04. The number of benzene rings is 2. The number of hydrogen-bond acceptors (Lipinski definition) is 6. The zero-order chi connectivity index (χ0) is 22.7. The predicted molar refractivity (Wildman–Crippen MR) is 124 cm³/mol. The number of carbonyl (C=O) groups is 1. The van der Waals surface area contributed by atoms with Gasteiger partial charge in [0.15, 0.2) is 0 Å². The van der Waals surface area contributed by atoms with Gasteiger partial charge in [0.1, 0.15) is 5.75 Å². The summed E-state index contributed by atoms with van der Waals surface area (Å²) in [5.74, 6) is 0.579. The zero-order valence-electron chi connectivity index (χ0n) is 18.6. The summed E-state index contributed by atoms with van der Waals surface area (Å²) < 4.78 is 10.9. The van der Waals surface area contributed by atoms with Gasteiger partial charge in [-0.25, -0.2) is 4.98 Å². The second-order valence-electron chi connectivity index (χ2n) is 7.80. The first-order chi connectivity index (χ1) is 15.5. The van der Waals surface area contributed by atoms with Gasteiger partial charge in [0.05, 0.1) is 35.5 Å². The lowest BCUT2D eigenvalue weighted by molar-refractivity contribution is 0.0943. The number of amides is 1. The first-order valence-electron chi connectivity index (χ1n) is 10.4. The minimum absolute atomic E-state index is 0.0652. The number of carbonyl (C=O) groups excluding carboxylic acids is 1.